The van der Waals surface area contributed by atoms with Gasteiger partial charge in [-0.15, -0.1) is 0 Å². The molecule has 148 valence electrons. The van der Waals surface area contributed by atoms with Crippen molar-refractivity contribution in [3.63, 3.8) is 0 Å². The van der Waals surface area contributed by atoms with E-state index in [-0.39, 0.29) is 0 Å². The summed E-state index contributed by atoms with van der Waals surface area (Å²) in [6.45, 7) is 6.74. The standard InChI is InChI=1S/C23H40N2O/c1-4-18-10-11-19(12-13-23(26-3)17(18)2)21-14-15-25(16-22(21)24)20-8-6-5-7-9-20/h18-21,24H,4-16H2,1-3H3. The van der Waals surface area contributed by atoms with Gasteiger partial charge in [0.15, 0.2) is 0 Å². The van der Waals surface area contributed by atoms with Crippen LogP contribution < -0.4 is 0 Å². The molecule has 0 aromatic heterocycles. The van der Waals surface area contributed by atoms with E-state index in [0.717, 1.165) is 24.7 Å². The van der Waals surface area contributed by atoms with Crippen LogP contribution in [-0.4, -0.2) is 36.9 Å². The molecule has 1 saturated carbocycles. The summed E-state index contributed by atoms with van der Waals surface area (Å²) in [7, 11) is 1.84. The van der Waals surface area contributed by atoms with Crippen LogP contribution in [-0.2, 0) is 4.74 Å². The maximum Gasteiger partial charge on any atom is 0.0947 e. The van der Waals surface area contributed by atoms with Gasteiger partial charge in [0.05, 0.1) is 12.9 Å². The fourth-order valence-corrected chi connectivity index (χ4v) is 5.87. The van der Waals surface area contributed by atoms with E-state index in [9.17, 15) is 0 Å². The zero-order chi connectivity index (χ0) is 18.5. The largest absolute Gasteiger partial charge is 0.501 e. The maximum absolute atomic E-state index is 8.80. The van der Waals surface area contributed by atoms with Gasteiger partial charge < -0.3 is 10.1 Å². The van der Waals surface area contributed by atoms with Gasteiger partial charge in [-0.25, -0.2) is 0 Å². The third-order valence-electron chi connectivity index (χ3n) is 7.63. The van der Waals surface area contributed by atoms with E-state index in [4.69, 9.17) is 10.1 Å². The lowest BCUT2D eigenvalue weighted by Crippen LogP contribution is -2.48. The summed E-state index contributed by atoms with van der Waals surface area (Å²) >= 11 is 0. The molecule has 0 aromatic carbocycles. The Hall–Kier alpha value is -0.830. The zero-order valence-electron chi connectivity index (χ0n) is 17.4. The molecule has 2 aliphatic carbocycles. The number of rotatable bonds is 4. The molecule has 3 atom stereocenters. The number of nitrogens with one attached hydrogen (secondary N) is 1. The third kappa shape index (κ3) is 4.52. The van der Waals surface area contributed by atoms with Gasteiger partial charge in [-0.05, 0) is 75.8 Å². The normalized spacial score (nSPS) is 33.0. The highest BCUT2D eigenvalue weighted by molar-refractivity contribution is 5.86. The second kappa shape index (κ2) is 9.39. The number of nitrogens with zero attached hydrogens (tertiary/aromatic N) is 1. The number of allylic oxidation sites excluding steroid dienone is 2. The van der Waals surface area contributed by atoms with Gasteiger partial charge in [-0.2, -0.15) is 0 Å². The lowest BCUT2D eigenvalue weighted by molar-refractivity contribution is 0.140. The van der Waals surface area contributed by atoms with Crippen LogP contribution in [0.1, 0.15) is 84.5 Å². The maximum atomic E-state index is 8.80. The topological polar surface area (TPSA) is 36.3 Å². The molecule has 1 aliphatic heterocycles. The molecule has 0 bridgehead atoms. The Morgan fingerprint density at radius 2 is 1.81 bits per heavy atom. The van der Waals surface area contributed by atoms with Crippen LogP contribution in [0.3, 0.4) is 0 Å². The Morgan fingerprint density at radius 3 is 2.46 bits per heavy atom. The fraction of sp³-hybridized carbons (Fsp3) is 0.870. The van der Waals surface area contributed by atoms with Gasteiger partial charge in [0.2, 0.25) is 0 Å². The van der Waals surface area contributed by atoms with Crippen molar-refractivity contribution < 1.29 is 4.74 Å². The van der Waals surface area contributed by atoms with Gasteiger partial charge >= 0.3 is 0 Å². The second-order valence-corrected chi connectivity index (χ2v) is 8.97. The van der Waals surface area contributed by atoms with Crippen LogP contribution in [0.5, 0.6) is 0 Å². The van der Waals surface area contributed by atoms with Crippen molar-refractivity contribution in [1.82, 2.24) is 4.90 Å². The Balaban J connectivity index is 1.61. The minimum Gasteiger partial charge on any atom is -0.501 e. The molecule has 1 N–H and O–H groups in total. The summed E-state index contributed by atoms with van der Waals surface area (Å²) in [6.07, 6.45) is 14.2. The lowest BCUT2D eigenvalue weighted by Gasteiger charge is -2.42. The number of piperidine rings is 1. The molecule has 3 aliphatic rings. The lowest BCUT2D eigenvalue weighted by atomic mass is 9.74. The first-order valence-corrected chi connectivity index (χ1v) is 11.2. The van der Waals surface area contributed by atoms with Crippen molar-refractivity contribution in [3.8, 4) is 0 Å². The van der Waals surface area contributed by atoms with Crippen LogP contribution in [0.25, 0.3) is 0 Å². The summed E-state index contributed by atoms with van der Waals surface area (Å²) in [4.78, 5) is 2.64. The van der Waals surface area contributed by atoms with Gasteiger partial charge in [-0.3, -0.25) is 4.90 Å². The van der Waals surface area contributed by atoms with Crippen LogP contribution in [0.15, 0.2) is 11.3 Å². The van der Waals surface area contributed by atoms with Crippen molar-refractivity contribution in [2.45, 2.75) is 90.5 Å². The summed E-state index contributed by atoms with van der Waals surface area (Å²) < 4.78 is 5.75. The molecule has 2 fully saturated rings. The third-order valence-corrected chi connectivity index (χ3v) is 7.63. The highest BCUT2D eigenvalue weighted by Gasteiger charge is 2.34. The molecule has 26 heavy (non-hydrogen) atoms. The van der Waals surface area contributed by atoms with Crippen molar-refractivity contribution in [2.75, 3.05) is 20.2 Å². The number of methoxy groups -OCH3 is 1. The molecule has 0 spiro atoms. The molecule has 3 heteroatoms. The van der Waals surface area contributed by atoms with E-state index in [2.05, 4.69) is 18.7 Å². The highest BCUT2D eigenvalue weighted by Crippen LogP contribution is 2.38. The molecular weight excluding hydrogens is 320 g/mol. The Bertz CT molecular complexity index is 506. The van der Waals surface area contributed by atoms with E-state index in [0.29, 0.717) is 17.8 Å². The Kier molecular flexibility index (Phi) is 7.19. The van der Waals surface area contributed by atoms with Crippen LogP contribution in [0, 0.1) is 23.2 Å². The molecule has 0 amide bonds. The zero-order valence-corrected chi connectivity index (χ0v) is 17.4. The predicted octanol–water partition coefficient (Wildman–Crippen LogP) is 5.80. The predicted molar refractivity (Wildman–Crippen MR) is 110 cm³/mol. The van der Waals surface area contributed by atoms with E-state index >= 15 is 0 Å². The number of hydrogen-bond donors (Lipinski definition) is 1. The van der Waals surface area contributed by atoms with Crippen molar-refractivity contribution >= 4 is 5.71 Å². The summed E-state index contributed by atoms with van der Waals surface area (Å²) in [6, 6.07) is 0.762. The monoisotopic (exact) mass is 360 g/mol. The molecular formula is C23H40N2O. The smallest absolute Gasteiger partial charge is 0.0947 e. The van der Waals surface area contributed by atoms with Crippen molar-refractivity contribution in [3.05, 3.63) is 11.3 Å². The van der Waals surface area contributed by atoms with E-state index in [1.807, 2.05) is 7.11 Å². The van der Waals surface area contributed by atoms with E-state index in [1.54, 1.807) is 0 Å². The van der Waals surface area contributed by atoms with E-state index in [1.165, 1.54) is 82.1 Å². The molecule has 0 radical (unpaired) electrons. The second-order valence-electron chi connectivity index (χ2n) is 8.97. The van der Waals surface area contributed by atoms with Crippen molar-refractivity contribution in [2.24, 2.45) is 17.8 Å². The summed E-state index contributed by atoms with van der Waals surface area (Å²) in [5.41, 5.74) is 2.51. The summed E-state index contributed by atoms with van der Waals surface area (Å²) in [5.74, 6) is 3.10. The van der Waals surface area contributed by atoms with Gasteiger partial charge in [0, 0.05) is 30.6 Å². The minimum atomic E-state index is 0.517. The molecule has 1 saturated heterocycles. The molecule has 1 heterocycles. The molecule has 3 unspecified atom stereocenters. The quantitative estimate of drug-likeness (QED) is 0.688. The van der Waals surface area contributed by atoms with Crippen LogP contribution in [0.2, 0.25) is 0 Å². The first-order chi connectivity index (χ1) is 12.6. The highest BCUT2D eigenvalue weighted by atomic mass is 16.5. The first-order valence-electron chi connectivity index (χ1n) is 11.2. The number of hydrogen-bond acceptors (Lipinski definition) is 3. The number of likely N-dealkylation sites (tertiary alicyclic amines) is 1. The summed E-state index contributed by atoms with van der Waals surface area (Å²) in [5, 5.41) is 8.80. The fourth-order valence-electron chi connectivity index (χ4n) is 5.87. The Morgan fingerprint density at radius 1 is 1.04 bits per heavy atom. The van der Waals surface area contributed by atoms with Crippen LogP contribution in [0.4, 0.5) is 0 Å². The van der Waals surface area contributed by atoms with Gasteiger partial charge in [0.1, 0.15) is 0 Å². The first kappa shape index (κ1) is 19.9. The molecule has 3 rings (SSSR count). The molecule has 3 nitrogen and oxygen atoms in total. The Labute approximate surface area is 161 Å². The average Bonchev–Trinajstić information content (AvgIpc) is 2.66. The average molecular weight is 361 g/mol. The minimum absolute atomic E-state index is 0.517. The SMILES string of the molecule is CCC1CCC(C2CCN(C3CCCCC3)CC2=N)CCC(OC)=C1C. The van der Waals surface area contributed by atoms with Gasteiger partial charge in [0.25, 0.3) is 0 Å². The van der Waals surface area contributed by atoms with Crippen LogP contribution >= 0.6 is 0 Å². The van der Waals surface area contributed by atoms with E-state index < -0.39 is 0 Å². The molecule has 0 aromatic rings. The van der Waals surface area contributed by atoms with Crippen molar-refractivity contribution in [1.29, 1.82) is 5.41 Å². The number of ether oxygens (including phenoxy) is 1. The van der Waals surface area contributed by atoms with Gasteiger partial charge in [-0.1, -0.05) is 26.2 Å².